The van der Waals surface area contributed by atoms with E-state index in [9.17, 15) is 0 Å². The van der Waals surface area contributed by atoms with Gasteiger partial charge in [0.2, 0.25) is 0 Å². The van der Waals surface area contributed by atoms with E-state index in [1.54, 1.807) is 0 Å². The lowest BCUT2D eigenvalue weighted by molar-refractivity contribution is 0.626. The third-order valence-electron chi connectivity index (χ3n) is 2.14. The van der Waals surface area contributed by atoms with Crippen LogP contribution >= 0.6 is 0 Å². The first-order valence-electron chi connectivity index (χ1n) is 4.69. The zero-order valence-corrected chi connectivity index (χ0v) is 8.20. The number of hydrogen-bond acceptors (Lipinski definition) is 2. The van der Waals surface area contributed by atoms with E-state index in [1.807, 2.05) is 30.1 Å². The van der Waals surface area contributed by atoms with Gasteiger partial charge in [0, 0.05) is 24.5 Å². The van der Waals surface area contributed by atoms with Crippen LogP contribution in [0.5, 0.6) is 0 Å². The van der Waals surface area contributed by atoms with E-state index in [1.165, 1.54) is 0 Å². The van der Waals surface area contributed by atoms with Crippen molar-refractivity contribution < 1.29 is 0 Å². The molecule has 0 fully saturated rings. The lowest BCUT2D eigenvalue weighted by Gasteiger charge is -2.03. The summed E-state index contributed by atoms with van der Waals surface area (Å²) in [4.78, 5) is 3.03. The van der Waals surface area contributed by atoms with Crippen LogP contribution < -0.4 is 5.73 Å². The maximum atomic E-state index is 5.52. The van der Waals surface area contributed by atoms with E-state index in [-0.39, 0.29) is 0 Å². The molecule has 0 aliphatic heterocycles. The molecule has 3 N–H and O–H groups in total. The van der Waals surface area contributed by atoms with Crippen molar-refractivity contribution in [1.82, 2.24) is 14.8 Å². The monoisotopic (exact) mass is 190 g/mol. The van der Waals surface area contributed by atoms with Crippen LogP contribution in [0.2, 0.25) is 0 Å². The van der Waals surface area contributed by atoms with Gasteiger partial charge in [0.05, 0.1) is 17.9 Å². The Hall–Kier alpha value is -1.55. The third-order valence-corrected chi connectivity index (χ3v) is 2.14. The first kappa shape index (κ1) is 9.02. The minimum Gasteiger partial charge on any atom is -0.367 e. The molecule has 4 nitrogen and oxygen atoms in total. The van der Waals surface area contributed by atoms with Crippen LogP contribution in [0.4, 0.5) is 0 Å². The fourth-order valence-electron chi connectivity index (χ4n) is 1.55. The standard InChI is InChI=1S/C10H14N4/c1-8-6-10(9-2-4-12-7-9)14(13-8)5-3-11/h2,4,6-7,12H,3,5,11H2,1H3. The number of rotatable bonds is 3. The Morgan fingerprint density at radius 3 is 3.07 bits per heavy atom. The summed E-state index contributed by atoms with van der Waals surface area (Å²) in [6, 6.07) is 4.10. The van der Waals surface area contributed by atoms with Crippen LogP contribution in [0, 0.1) is 6.92 Å². The second kappa shape index (κ2) is 3.67. The van der Waals surface area contributed by atoms with E-state index >= 15 is 0 Å². The Morgan fingerprint density at radius 2 is 2.43 bits per heavy atom. The minimum absolute atomic E-state index is 0.610. The predicted molar refractivity (Wildman–Crippen MR) is 55.8 cm³/mol. The molecule has 0 spiro atoms. The molecule has 0 saturated heterocycles. The Kier molecular flexibility index (Phi) is 2.37. The van der Waals surface area contributed by atoms with Crippen molar-refractivity contribution in [1.29, 1.82) is 0 Å². The second-order valence-corrected chi connectivity index (χ2v) is 3.28. The highest BCUT2D eigenvalue weighted by Crippen LogP contribution is 2.19. The van der Waals surface area contributed by atoms with Gasteiger partial charge < -0.3 is 10.7 Å². The zero-order valence-electron chi connectivity index (χ0n) is 8.20. The molecule has 2 rings (SSSR count). The molecule has 0 radical (unpaired) electrons. The Morgan fingerprint density at radius 1 is 1.57 bits per heavy atom. The molecule has 2 heterocycles. The second-order valence-electron chi connectivity index (χ2n) is 3.28. The molecule has 2 aromatic heterocycles. The largest absolute Gasteiger partial charge is 0.367 e. The van der Waals surface area contributed by atoms with E-state index in [0.717, 1.165) is 23.5 Å². The van der Waals surface area contributed by atoms with Crippen LogP contribution in [-0.4, -0.2) is 21.3 Å². The molecule has 74 valence electrons. The number of aromatic amines is 1. The molecule has 0 aromatic carbocycles. The van der Waals surface area contributed by atoms with Gasteiger partial charge in [0.15, 0.2) is 0 Å². The maximum absolute atomic E-state index is 5.52. The lowest BCUT2D eigenvalue weighted by atomic mass is 10.2. The Balaban J connectivity index is 2.41. The number of aryl methyl sites for hydroxylation is 1. The first-order valence-corrected chi connectivity index (χ1v) is 4.69. The SMILES string of the molecule is Cc1cc(-c2cc[nH]c2)n(CCN)n1. The number of hydrogen-bond donors (Lipinski definition) is 2. The van der Waals surface area contributed by atoms with Crippen molar-refractivity contribution in [3.05, 3.63) is 30.2 Å². The summed E-state index contributed by atoms with van der Waals surface area (Å²) in [5.41, 5.74) is 8.82. The van der Waals surface area contributed by atoms with Crippen LogP contribution in [0.15, 0.2) is 24.5 Å². The highest BCUT2D eigenvalue weighted by atomic mass is 15.3. The fourth-order valence-corrected chi connectivity index (χ4v) is 1.55. The van der Waals surface area contributed by atoms with Crippen molar-refractivity contribution in [2.45, 2.75) is 13.5 Å². The number of aromatic nitrogens is 3. The summed E-state index contributed by atoms with van der Waals surface area (Å²) in [5, 5.41) is 4.38. The molecule has 2 aromatic rings. The zero-order chi connectivity index (χ0) is 9.97. The van der Waals surface area contributed by atoms with E-state index < -0.39 is 0 Å². The molecular formula is C10H14N4. The van der Waals surface area contributed by atoms with Gasteiger partial charge >= 0.3 is 0 Å². The van der Waals surface area contributed by atoms with Crippen LogP contribution in [0.1, 0.15) is 5.69 Å². The molecule has 0 amide bonds. The van der Waals surface area contributed by atoms with Crippen LogP contribution in [0.3, 0.4) is 0 Å². The Bertz CT molecular complexity index is 400. The summed E-state index contributed by atoms with van der Waals surface area (Å²) in [5.74, 6) is 0. The number of nitrogens with one attached hydrogen (secondary N) is 1. The van der Waals surface area contributed by atoms with Gasteiger partial charge in [-0.1, -0.05) is 0 Å². The van der Waals surface area contributed by atoms with Gasteiger partial charge in [-0.05, 0) is 19.1 Å². The van der Waals surface area contributed by atoms with Crippen molar-refractivity contribution in [3.8, 4) is 11.3 Å². The van der Waals surface area contributed by atoms with Gasteiger partial charge in [-0.25, -0.2) is 0 Å². The quantitative estimate of drug-likeness (QED) is 0.762. The van der Waals surface area contributed by atoms with Gasteiger partial charge in [0.25, 0.3) is 0 Å². The molecule has 0 unspecified atom stereocenters. The first-order chi connectivity index (χ1) is 6.81. The van der Waals surface area contributed by atoms with Crippen LogP contribution in [-0.2, 0) is 6.54 Å². The number of nitrogens with two attached hydrogens (primary N) is 1. The lowest BCUT2D eigenvalue weighted by Crippen LogP contribution is -2.12. The van der Waals surface area contributed by atoms with Gasteiger partial charge in [-0.15, -0.1) is 0 Å². The topological polar surface area (TPSA) is 59.6 Å². The number of H-pyrrole nitrogens is 1. The fraction of sp³-hybridized carbons (Fsp3) is 0.300. The van der Waals surface area contributed by atoms with Crippen molar-refractivity contribution in [2.24, 2.45) is 5.73 Å². The molecule has 0 saturated carbocycles. The smallest absolute Gasteiger partial charge is 0.0700 e. The minimum atomic E-state index is 0.610. The van der Waals surface area contributed by atoms with E-state index in [0.29, 0.717) is 6.54 Å². The molecular weight excluding hydrogens is 176 g/mol. The van der Waals surface area contributed by atoms with Crippen molar-refractivity contribution >= 4 is 0 Å². The van der Waals surface area contributed by atoms with Crippen molar-refractivity contribution in [3.63, 3.8) is 0 Å². The Labute approximate surface area is 82.7 Å². The molecule has 14 heavy (non-hydrogen) atoms. The molecule has 0 bridgehead atoms. The highest BCUT2D eigenvalue weighted by Gasteiger charge is 2.06. The van der Waals surface area contributed by atoms with Crippen LogP contribution in [0.25, 0.3) is 11.3 Å². The summed E-state index contributed by atoms with van der Waals surface area (Å²) >= 11 is 0. The van der Waals surface area contributed by atoms with E-state index in [4.69, 9.17) is 5.73 Å². The number of nitrogens with zero attached hydrogens (tertiary/aromatic N) is 2. The van der Waals surface area contributed by atoms with Crippen molar-refractivity contribution in [2.75, 3.05) is 6.54 Å². The molecule has 0 aliphatic carbocycles. The van der Waals surface area contributed by atoms with Gasteiger partial charge in [0.1, 0.15) is 0 Å². The summed E-state index contributed by atoms with van der Waals surface area (Å²) in [6.45, 7) is 3.36. The highest BCUT2D eigenvalue weighted by molar-refractivity contribution is 5.58. The normalized spacial score (nSPS) is 10.7. The maximum Gasteiger partial charge on any atom is 0.0700 e. The summed E-state index contributed by atoms with van der Waals surface area (Å²) in [7, 11) is 0. The summed E-state index contributed by atoms with van der Waals surface area (Å²) < 4.78 is 1.94. The van der Waals surface area contributed by atoms with E-state index in [2.05, 4.69) is 16.1 Å². The molecule has 0 atom stereocenters. The average Bonchev–Trinajstić information content (AvgIpc) is 2.74. The molecule has 4 heteroatoms. The van der Waals surface area contributed by atoms with Gasteiger partial charge in [-0.3, -0.25) is 4.68 Å². The average molecular weight is 190 g/mol. The van der Waals surface area contributed by atoms with Gasteiger partial charge in [-0.2, -0.15) is 5.10 Å². The third kappa shape index (κ3) is 1.56. The summed E-state index contributed by atoms with van der Waals surface area (Å²) in [6.07, 6.45) is 3.87. The molecule has 0 aliphatic rings. The predicted octanol–water partition coefficient (Wildman–Crippen LogP) is 1.15.